The first kappa shape index (κ1) is 19.4. The van der Waals surface area contributed by atoms with E-state index in [1.807, 2.05) is 19.1 Å². The molecule has 1 aliphatic rings. The van der Waals surface area contributed by atoms with E-state index in [1.54, 1.807) is 7.11 Å². The molecule has 0 spiro atoms. The van der Waals surface area contributed by atoms with E-state index in [0.29, 0.717) is 23.1 Å². The maximum Gasteiger partial charge on any atom is 0.179 e. The predicted octanol–water partition coefficient (Wildman–Crippen LogP) is 3.34. The average molecular weight is 349 g/mol. The summed E-state index contributed by atoms with van der Waals surface area (Å²) in [7, 11) is 1.61. The molecule has 0 radical (unpaired) electrons. The number of nitrogens with zero attached hydrogens (tertiary/aromatic N) is 1. The normalized spacial score (nSPS) is 21.5. The zero-order valence-electron chi connectivity index (χ0n) is 13.5. The van der Waals surface area contributed by atoms with Crippen molar-refractivity contribution < 1.29 is 9.47 Å². The standard InChI is InChI=1S/C16H25ClN2O2.ClH/c1-4-21-14-8-12(7-13(17)15(14)20-3)9-19-6-5-16(2,10-18)11-19;/h7-8H,4-6,9-11,18H2,1-3H3;1H. The van der Waals surface area contributed by atoms with Crippen LogP contribution in [0.3, 0.4) is 0 Å². The molecule has 1 atom stereocenters. The lowest BCUT2D eigenvalue weighted by molar-refractivity contribution is 0.273. The number of ether oxygens (including phenoxy) is 2. The van der Waals surface area contributed by atoms with Gasteiger partial charge in [0, 0.05) is 13.1 Å². The third kappa shape index (κ3) is 4.42. The van der Waals surface area contributed by atoms with Crippen LogP contribution in [0.4, 0.5) is 0 Å². The molecule has 2 rings (SSSR count). The van der Waals surface area contributed by atoms with Crippen molar-refractivity contribution in [3.8, 4) is 11.5 Å². The topological polar surface area (TPSA) is 47.7 Å². The SMILES string of the molecule is CCOc1cc(CN2CCC(C)(CN)C2)cc(Cl)c1OC.Cl. The third-order valence-electron chi connectivity index (χ3n) is 4.11. The largest absolute Gasteiger partial charge is 0.491 e. The van der Waals surface area contributed by atoms with E-state index in [-0.39, 0.29) is 17.8 Å². The molecular formula is C16H26Cl2N2O2. The number of rotatable bonds is 6. The monoisotopic (exact) mass is 348 g/mol. The van der Waals surface area contributed by atoms with Crippen LogP contribution in [0.25, 0.3) is 0 Å². The summed E-state index contributed by atoms with van der Waals surface area (Å²) in [5.74, 6) is 1.32. The minimum absolute atomic E-state index is 0. The summed E-state index contributed by atoms with van der Waals surface area (Å²) in [6.07, 6.45) is 1.14. The lowest BCUT2D eigenvalue weighted by Crippen LogP contribution is -2.31. The van der Waals surface area contributed by atoms with Gasteiger partial charge in [0.25, 0.3) is 0 Å². The fourth-order valence-corrected chi connectivity index (χ4v) is 3.17. The van der Waals surface area contributed by atoms with Crippen molar-refractivity contribution in [3.63, 3.8) is 0 Å². The first-order valence-electron chi connectivity index (χ1n) is 7.43. The molecule has 0 bridgehead atoms. The van der Waals surface area contributed by atoms with Gasteiger partial charge in [0.1, 0.15) is 0 Å². The highest BCUT2D eigenvalue weighted by atomic mass is 35.5. The van der Waals surface area contributed by atoms with Crippen LogP contribution in [-0.2, 0) is 6.54 Å². The molecule has 1 aromatic carbocycles. The van der Waals surface area contributed by atoms with Gasteiger partial charge in [0.15, 0.2) is 11.5 Å². The number of hydrogen-bond donors (Lipinski definition) is 1. The van der Waals surface area contributed by atoms with Crippen LogP contribution in [-0.4, -0.2) is 38.3 Å². The minimum atomic E-state index is 0. The molecule has 22 heavy (non-hydrogen) atoms. The Kier molecular flexibility index (Phi) is 7.26. The van der Waals surface area contributed by atoms with Gasteiger partial charge in [-0.3, -0.25) is 4.90 Å². The van der Waals surface area contributed by atoms with Crippen molar-refractivity contribution in [1.29, 1.82) is 0 Å². The van der Waals surface area contributed by atoms with E-state index >= 15 is 0 Å². The zero-order chi connectivity index (χ0) is 15.5. The van der Waals surface area contributed by atoms with Gasteiger partial charge in [-0.15, -0.1) is 12.4 Å². The van der Waals surface area contributed by atoms with Gasteiger partial charge in [0.2, 0.25) is 0 Å². The Labute approximate surface area is 144 Å². The summed E-state index contributed by atoms with van der Waals surface area (Å²) in [6, 6.07) is 3.98. The number of nitrogens with two attached hydrogens (primary N) is 1. The fraction of sp³-hybridized carbons (Fsp3) is 0.625. The minimum Gasteiger partial charge on any atom is -0.491 e. The summed E-state index contributed by atoms with van der Waals surface area (Å²) in [6.45, 7) is 8.48. The number of likely N-dealkylation sites (tertiary alicyclic amines) is 1. The van der Waals surface area contributed by atoms with Gasteiger partial charge >= 0.3 is 0 Å². The molecule has 6 heteroatoms. The molecule has 0 saturated carbocycles. The Bertz CT molecular complexity index is 499. The second-order valence-corrected chi connectivity index (χ2v) is 6.42. The van der Waals surface area contributed by atoms with E-state index in [0.717, 1.165) is 38.2 Å². The fourth-order valence-electron chi connectivity index (χ4n) is 2.86. The van der Waals surface area contributed by atoms with Crippen molar-refractivity contribution >= 4 is 24.0 Å². The molecule has 2 N–H and O–H groups in total. The summed E-state index contributed by atoms with van der Waals surface area (Å²) in [5, 5.41) is 0.597. The Balaban J connectivity index is 0.00000242. The number of hydrogen-bond acceptors (Lipinski definition) is 4. The summed E-state index contributed by atoms with van der Waals surface area (Å²) in [5.41, 5.74) is 7.24. The van der Waals surface area contributed by atoms with Gasteiger partial charge < -0.3 is 15.2 Å². The van der Waals surface area contributed by atoms with E-state index < -0.39 is 0 Å². The highest BCUT2D eigenvalue weighted by Crippen LogP contribution is 2.37. The second-order valence-electron chi connectivity index (χ2n) is 6.02. The number of benzene rings is 1. The quantitative estimate of drug-likeness (QED) is 0.856. The van der Waals surface area contributed by atoms with E-state index in [1.165, 1.54) is 0 Å². The second kappa shape index (κ2) is 8.25. The summed E-state index contributed by atoms with van der Waals surface area (Å²) < 4.78 is 10.9. The van der Waals surface area contributed by atoms with Crippen LogP contribution < -0.4 is 15.2 Å². The molecule has 0 amide bonds. The van der Waals surface area contributed by atoms with E-state index in [9.17, 15) is 0 Å². The van der Waals surface area contributed by atoms with Crippen LogP contribution in [0.5, 0.6) is 11.5 Å². The lowest BCUT2D eigenvalue weighted by atomic mass is 9.90. The Morgan fingerprint density at radius 2 is 2.14 bits per heavy atom. The molecular weight excluding hydrogens is 323 g/mol. The van der Waals surface area contributed by atoms with Crippen molar-refractivity contribution in [2.75, 3.05) is 33.4 Å². The van der Waals surface area contributed by atoms with E-state index in [4.69, 9.17) is 26.8 Å². The smallest absolute Gasteiger partial charge is 0.179 e. The maximum atomic E-state index is 6.30. The summed E-state index contributed by atoms with van der Waals surface area (Å²) >= 11 is 6.30. The number of methoxy groups -OCH3 is 1. The molecule has 1 saturated heterocycles. The number of halogens is 2. The van der Waals surface area contributed by atoms with Crippen LogP contribution >= 0.6 is 24.0 Å². The molecule has 4 nitrogen and oxygen atoms in total. The molecule has 1 heterocycles. The molecule has 1 fully saturated rings. The van der Waals surface area contributed by atoms with Gasteiger partial charge in [0.05, 0.1) is 18.7 Å². The Hall–Kier alpha value is -0.680. The first-order chi connectivity index (χ1) is 10.0. The lowest BCUT2D eigenvalue weighted by Gasteiger charge is -2.23. The van der Waals surface area contributed by atoms with E-state index in [2.05, 4.69) is 11.8 Å². The predicted molar refractivity (Wildman–Crippen MR) is 93.5 cm³/mol. The first-order valence-corrected chi connectivity index (χ1v) is 7.81. The molecule has 126 valence electrons. The molecule has 1 aliphatic heterocycles. The summed E-state index contributed by atoms with van der Waals surface area (Å²) in [4.78, 5) is 2.42. The molecule has 0 aromatic heterocycles. The molecule has 1 unspecified atom stereocenters. The van der Waals surface area contributed by atoms with Gasteiger partial charge in [-0.1, -0.05) is 18.5 Å². The Morgan fingerprint density at radius 1 is 1.41 bits per heavy atom. The molecule has 0 aliphatic carbocycles. The van der Waals surface area contributed by atoms with Gasteiger partial charge in [-0.05, 0) is 49.5 Å². The van der Waals surface area contributed by atoms with Crippen LogP contribution in [0.2, 0.25) is 5.02 Å². The Morgan fingerprint density at radius 3 is 2.68 bits per heavy atom. The third-order valence-corrected chi connectivity index (χ3v) is 4.39. The van der Waals surface area contributed by atoms with Gasteiger partial charge in [-0.25, -0.2) is 0 Å². The highest BCUT2D eigenvalue weighted by molar-refractivity contribution is 6.32. The van der Waals surface area contributed by atoms with Crippen molar-refractivity contribution in [2.45, 2.75) is 26.8 Å². The van der Waals surface area contributed by atoms with Crippen LogP contribution in [0.15, 0.2) is 12.1 Å². The van der Waals surface area contributed by atoms with Crippen molar-refractivity contribution in [3.05, 3.63) is 22.7 Å². The maximum absolute atomic E-state index is 6.30. The average Bonchev–Trinajstić information content (AvgIpc) is 2.81. The van der Waals surface area contributed by atoms with Crippen LogP contribution in [0, 0.1) is 5.41 Å². The highest BCUT2D eigenvalue weighted by Gasteiger charge is 2.32. The van der Waals surface area contributed by atoms with Crippen molar-refractivity contribution in [1.82, 2.24) is 4.90 Å². The van der Waals surface area contributed by atoms with Crippen molar-refractivity contribution in [2.24, 2.45) is 11.1 Å². The van der Waals surface area contributed by atoms with Crippen LogP contribution in [0.1, 0.15) is 25.8 Å². The zero-order valence-corrected chi connectivity index (χ0v) is 15.1. The van der Waals surface area contributed by atoms with Gasteiger partial charge in [-0.2, -0.15) is 0 Å². The molecule has 1 aromatic rings.